The van der Waals surface area contributed by atoms with Crippen LogP contribution in [0.25, 0.3) is 11.3 Å². The first kappa shape index (κ1) is 12.7. The number of hydrogen-bond acceptors (Lipinski definition) is 3. The molecule has 0 radical (unpaired) electrons. The Kier molecular flexibility index (Phi) is 4.05. The van der Waals surface area contributed by atoms with Crippen molar-refractivity contribution in [2.24, 2.45) is 11.7 Å². The molecule has 2 aromatic rings. The molecule has 0 bridgehead atoms. The highest BCUT2D eigenvalue weighted by Gasteiger charge is 2.07. The Balaban J connectivity index is 2.32. The molecule has 0 saturated carbocycles. The minimum Gasteiger partial charge on any atom is -0.330 e. The Hall–Kier alpha value is -1.74. The number of rotatable bonds is 4. The Labute approximate surface area is 108 Å². The first-order valence-electron chi connectivity index (χ1n) is 6.29. The van der Waals surface area contributed by atoms with Crippen LogP contribution in [-0.2, 0) is 6.42 Å². The van der Waals surface area contributed by atoms with Gasteiger partial charge in [-0.1, -0.05) is 37.3 Å². The third-order valence-corrected chi connectivity index (χ3v) is 2.90. The molecule has 0 aliphatic carbocycles. The molecule has 1 unspecified atom stereocenters. The van der Waals surface area contributed by atoms with E-state index in [1.807, 2.05) is 31.2 Å². The van der Waals surface area contributed by atoms with Gasteiger partial charge in [0.15, 0.2) is 0 Å². The molecule has 1 aromatic carbocycles. The van der Waals surface area contributed by atoms with E-state index < -0.39 is 0 Å². The molecule has 0 spiro atoms. The van der Waals surface area contributed by atoms with Crippen LogP contribution in [0.4, 0.5) is 0 Å². The number of aryl methyl sites for hydroxylation is 1. The van der Waals surface area contributed by atoms with Crippen molar-refractivity contribution in [3.8, 4) is 11.3 Å². The second kappa shape index (κ2) is 5.74. The summed E-state index contributed by atoms with van der Waals surface area (Å²) in [7, 11) is 0. The van der Waals surface area contributed by atoms with Gasteiger partial charge < -0.3 is 5.73 Å². The van der Waals surface area contributed by atoms with Gasteiger partial charge in [-0.05, 0) is 25.5 Å². The lowest BCUT2D eigenvalue weighted by atomic mass is 10.1. The molecule has 2 rings (SSSR count). The molecule has 0 fully saturated rings. The van der Waals surface area contributed by atoms with E-state index in [9.17, 15) is 0 Å². The first-order valence-corrected chi connectivity index (χ1v) is 6.29. The van der Waals surface area contributed by atoms with Crippen LogP contribution in [0, 0.1) is 12.8 Å². The normalized spacial score (nSPS) is 12.4. The number of nitrogens with zero attached hydrogens (tertiary/aromatic N) is 2. The summed E-state index contributed by atoms with van der Waals surface area (Å²) in [4.78, 5) is 9.11. The molecule has 1 heterocycles. The minimum absolute atomic E-state index is 0.412. The molecule has 94 valence electrons. The quantitative estimate of drug-likeness (QED) is 0.895. The van der Waals surface area contributed by atoms with Crippen LogP contribution < -0.4 is 5.73 Å². The lowest BCUT2D eigenvalue weighted by Crippen LogP contribution is -2.15. The standard InChI is InChI=1S/C15H19N3/c1-11(10-16)8-15-17-12(2)9-14(18-15)13-6-4-3-5-7-13/h3-7,9,11H,8,10,16H2,1-2H3. The highest BCUT2D eigenvalue weighted by Crippen LogP contribution is 2.18. The zero-order chi connectivity index (χ0) is 13.0. The summed E-state index contributed by atoms with van der Waals surface area (Å²) in [6.07, 6.45) is 0.831. The summed E-state index contributed by atoms with van der Waals surface area (Å²) in [6.45, 7) is 4.79. The van der Waals surface area contributed by atoms with Crippen LogP contribution in [0.1, 0.15) is 18.4 Å². The van der Waals surface area contributed by atoms with Crippen molar-refractivity contribution in [1.82, 2.24) is 9.97 Å². The van der Waals surface area contributed by atoms with Crippen molar-refractivity contribution < 1.29 is 0 Å². The number of aromatic nitrogens is 2. The Morgan fingerprint density at radius 3 is 2.56 bits per heavy atom. The summed E-state index contributed by atoms with van der Waals surface area (Å²) < 4.78 is 0. The fourth-order valence-electron chi connectivity index (χ4n) is 1.87. The second-order valence-electron chi connectivity index (χ2n) is 4.72. The van der Waals surface area contributed by atoms with Gasteiger partial charge in [0.2, 0.25) is 0 Å². The largest absolute Gasteiger partial charge is 0.330 e. The summed E-state index contributed by atoms with van der Waals surface area (Å²) in [5, 5.41) is 0. The number of hydrogen-bond donors (Lipinski definition) is 1. The molecule has 1 aromatic heterocycles. The molecular weight excluding hydrogens is 222 g/mol. The maximum absolute atomic E-state index is 5.65. The molecule has 3 nitrogen and oxygen atoms in total. The van der Waals surface area contributed by atoms with Gasteiger partial charge in [0.25, 0.3) is 0 Å². The molecular formula is C15H19N3. The second-order valence-corrected chi connectivity index (χ2v) is 4.72. The van der Waals surface area contributed by atoms with E-state index in [-0.39, 0.29) is 0 Å². The zero-order valence-corrected chi connectivity index (χ0v) is 10.9. The molecule has 2 N–H and O–H groups in total. The van der Waals surface area contributed by atoms with E-state index >= 15 is 0 Å². The molecule has 3 heteroatoms. The van der Waals surface area contributed by atoms with Crippen LogP contribution in [0.2, 0.25) is 0 Å². The van der Waals surface area contributed by atoms with E-state index in [4.69, 9.17) is 5.73 Å². The third-order valence-electron chi connectivity index (χ3n) is 2.90. The predicted molar refractivity (Wildman–Crippen MR) is 74.1 cm³/mol. The molecule has 0 saturated heterocycles. The van der Waals surface area contributed by atoms with Gasteiger partial charge in [-0.25, -0.2) is 9.97 Å². The van der Waals surface area contributed by atoms with Crippen LogP contribution in [0.5, 0.6) is 0 Å². The fourth-order valence-corrected chi connectivity index (χ4v) is 1.87. The lowest BCUT2D eigenvalue weighted by molar-refractivity contribution is 0.573. The minimum atomic E-state index is 0.412. The lowest BCUT2D eigenvalue weighted by Gasteiger charge is -2.09. The van der Waals surface area contributed by atoms with Crippen LogP contribution in [0.15, 0.2) is 36.4 Å². The van der Waals surface area contributed by atoms with Crippen LogP contribution in [-0.4, -0.2) is 16.5 Å². The molecule has 0 aliphatic rings. The molecule has 0 amide bonds. The maximum Gasteiger partial charge on any atom is 0.129 e. The monoisotopic (exact) mass is 241 g/mol. The van der Waals surface area contributed by atoms with Gasteiger partial charge in [-0.2, -0.15) is 0 Å². The summed E-state index contributed by atoms with van der Waals surface area (Å²) in [5.41, 5.74) is 8.77. The van der Waals surface area contributed by atoms with E-state index in [0.29, 0.717) is 12.5 Å². The van der Waals surface area contributed by atoms with Gasteiger partial charge in [-0.3, -0.25) is 0 Å². The Morgan fingerprint density at radius 1 is 1.17 bits per heavy atom. The molecule has 18 heavy (non-hydrogen) atoms. The van der Waals surface area contributed by atoms with Gasteiger partial charge in [0, 0.05) is 17.7 Å². The summed E-state index contributed by atoms with van der Waals surface area (Å²) >= 11 is 0. The van der Waals surface area contributed by atoms with E-state index in [1.165, 1.54) is 0 Å². The number of nitrogens with two attached hydrogens (primary N) is 1. The van der Waals surface area contributed by atoms with Crippen molar-refractivity contribution >= 4 is 0 Å². The fraction of sp³-hybridized carbons (Fsp3) is 0.333. The van der Waals surface area contributed by atoms with E-state index in [0.717, 1.165) is 29.2 Å². The zero-order valence-electron chi connectivity index (χ0n) is 10.9. The highest BCUT2D eigenvalue weighted by molar-refractivity contribution is 5.58. The SMILES string of the molecule is Cc1cc(-c2ccccc2)nc(CC(C)CN)n1. The van der Waals surface area contributed by atoms with Crippen molar-refractivity contribution in [3.05, 3.63) is 47.9 Å². The summed E-state index contributed by atoms with van der Waals surface area (Å²) in [5.74, 6) is 1.29. The smallest absolute Gasteiger partial charge is 0.129 e. The Morgan fingerprint density at radius 2 is 1.89 bits per heavy atom. The van der Waals surface area contributed by atoms with Gasteiger partial charge in [0.1, 0.15) is 5.82 Å². The van der Waals surface area contributed by atoms with Gasteiger partial charge in [0.05, 0.1) is 5.69 Å². The van der Waals surface area contributed by atoms with Crippen molar-refractivity contribution in [2.45, 2.75) is 20.3 Å². The molecule has 0 aliphatic heterocycles. The van der Waals surface area contributed by atoms with Crippen LogP contribution in [0.3, 0.4) is 0 Å². The summed E-state index contributed by atoms with van der Waals surface area (Å²) in [6, 6.07) is 12.2. The first-order chi connectivity index (χ1) is 8.69. The van der Waals surface area contributed by atoms with Gasteiger partial charge in [-0.15, -0.1) is 0 Å². The van der Waals surface area contributed by atoms with E-state index in [1.54, 1.807) is 0 Å². The molecule has 1 atom stereocenters. The number of benzene rings is 1. The maximum atomic E-state index is 5.65. The van der Waals surface area contributed by atoms with Crippen molar-refractivity contribution in [2.75, 3.05) is 6.54 Å². The average Bonchev–Trinajstić information content (AvgIpc) is 2.39. The van der Waals surface area contributed by atoms with Crippen molar-refractivity contribution in [1.29, 1.82) is 0 Å². The van der Waals surface area contributed by atoms with E-state index in [2.05, 4.69) is 29.0 Å². The Bertz CT molecular complexity index is 508. The predicted octanol–water partition coefficient (Wildman–Crippen LogP) is 2.59. The topological polar surface area (TPSA) is 51.8 Å². The van der Waals surface area contributed by atoms with Crippen molar-refractivity contribution in [3.63, 3.8) is 0 Å². The average molecular weight is 241 g/mol. The van der Waals surface area contributed by atoms with Crippen LogP contribution >= 0.6 is 0 Å². The third kappa shape index (κ3) is 3.14. The highest BCUT2D eigenvalue weighted by atomic mass is 14.9. The van der Waals surface area contributed by atoms with Gasteiger partial charge >= 0.3 is 0 Å².